The first kappa shape index (κ1) is 22.5. The Labute approximate surface area is 197 Å². The normalized spacial score (nSPS) is 17.5. The summed E-state index contributed by atoms with van der Waals surface area (Å²) in [4.78, 5) is 2.61. The number of hydrogen-bond acceptors (Lipinski definition) is 5. The molecular weight excluding hydrogens is 436 g/mol. The highest BCUT2D eigenvalue weighted by Gasteiger charge is 2.29. The van der Waals surface area contributed by atoms with Gasteiger partial charge in [0.25, 0.3) is 0 Å². The molecule has 34 heavy (non-hydrogen) atoms. The van der Waals surface area contributed by atoms with Gasteiger partial charge in [-0.05, 0) is 61.6 Å². The maximum Gasteiger partial charge on any atom is 0.126 e. The maximum atomic E-state index is 13.4. The molecule has 1 aromatic heterocycles. The van der Waals surface area contributed by atoms with Crippen LogP contribution in [0.4, 0.5) is 14.5 Å². The Morgan fingerprint density at radius 1 is 1.03 bits per heavy atom. The highest BCUT2D eigenvalue weighted by molar-refractivity contribution is 6.13. The summed E-state index contributed by atoms with van der Waals surface area (Å²) in [6, 6.07) is 9.44. The van der Waals surface area contributed by atoms with Crippen molar-refractivity contribution in [3.05, 3.63) is 77.1 Å². The van der Waals surface area contributed by atoms with Crippen LogP contribution in [-0.2, 0) is 6.61 Å². The standard InChI is InChI=1S/C26H29F2N5O/c27-19-10-17(11-20(28)12-19)16-34-23-4-5-25(29)24(13-23)26(30)18-14-31-33(15-18)22-6-8-32(9-7-22)21-2-1-3-21/h4-5,10-15,21-22,30H,1-3,6-9,16,29H2. The molecule has 0 unspecified atom stereocenters. The fourth-order valence-corrected chi connectivity index (χ4v) is 4.79. The van der Waals surface area contributed by atoms with Crippen LogP contribution in [0.15, 0.2) is 48.8 Å². The van der Waals surface area contributed by atoms with Crippen LogP contribution in [0.3, 0.4) is 0 Å². The number of likely N-dealkylation sites (tertiary alicyclic amines) is 1. The molecule has 1 saturated heterocycles. The monoisotopic (exact) mass is 465 g/mol. The van der Waals surface area contributed by atoms with Crippen LogP contribution in [0, 0.1) is 17.0 Å². The molecule has 0 bridgehead atoms. The van der Waals surface area contributed by atoms with Gasteiger partial charge >= 0.3 is 0 Å². The molecule has 8 heteroatoms. The second-order valence-corrected chi connectivity index (χ2v) is 9.25. The van der Waals surface area contributed by atoms with Crippen molar-refractivity contribution in [3.63, 3.8) is 0 Å². The lowest BCUT2D eigenvalue weighted by Crippen LogP contribution is -2.45. The van der Waals surface area contributed by atoms with Crippen molar-refractivity contribution < 1.29 is 13.5 Å². The molecule has 2 aliphatic rings. The molecular formula is C26H29F2N5O. The largest absolute Gasteiger partial charge is 0.489 e. The quantitative estimate of drug-likeness (QED) is 0.383. The van der Waals surface area contributed by atoms with Gasteiger partial charge in [0.1, 0.15) is 24.0 Å². The molecule has 178 valence electrons. The molecule has 0 atom stereocenters. The number of anilines is 1. The van der Waals surface area contributed by atoms with E-state index in [1.165, 1.54) is 31.4 Å². The van der Waals surface area contributed by atoms with Crippen molar-refractivity contribution in [2.75, 3.05) is 18.8 Å². The van der Waals surface area contributed by atoms with E-state index in [-0.39, 0.29) is 12.3 Å². The molecule has 3 N–H and O–H groups in total. The topological polar surface area (TPSA) is 80.2 Å². The maximum absolute atomic E-state index is 13.4. The molecule has 3 aromatic rings. The SMILES string of the molecule is N=C(c1cnn(C2CCN(C3CCC3)CC2)c1)c1cc(OCc2cc(F)cc(F)c2)ccc1N. The van der Waals surface area contributed by atoms with E-state index in [9.17, 15) is 8.78 Å². The molecule has 1 saturated carbocycles. The van der Waals surface area contributed by atoms with Crippen LogP contribution in [0.5, 0.6) is 5.75 Å². The number of nitrogens with two attached hydrogens (primary N) is 1. The first-order valence-electron chi connectivity index (χ1n) is 11.8. The fourth-order valence-electron chi connectivity index (χ4n) is 4.79. The minimum atomic E-state index is -0.649. The van der Waals surface area contributed by atoms with Crippen molar-refractivity contribution in [3.8, 4) is 5.75 Å². The summed E-state index contributed by atoms with van der Waals surface area (Å²) in [6.07, 6.45) is 9.79. The smallest absolute Gasteiger partial charge is 0.126 e. The molecule has 5 rings (SSSR count). The van der Waals surface area contributed by atoms with Gasteiger partial charge in [-0.1, -0.05) is 6.42 Å². The van der Waals surface area contributed by atoms with Gasteiger partial charge in [0, 0.05) is 48.2 Å². The molecule has 0 amide bonds. The zero-order valence-electron chi connectivity index (χ0n) is 19.0. The number of benzene rings is 2. The lowest BCUT2D eigenvalue weighted by Gasteiger charge is -2.41. The molecule has 0 radical (unpaired) electrons. The summed E-state index contributed by atoms with van der Waals surface area (Å²) in [7, 11) is 0. The molecule has 0 spiro atoms. The Hall–Kier alpha value is -3.26. The molecule has 1 aliphatic carbocycles. The number of hydrogen-bond donors (Lipinski definition) is 2. The van der Waals surface area contributed by atoms with E-state index in [1.807, 2.05) is 10.9 Å². The van der Waals surface area contributed by atoms with Crippen molar-refractivity contribution >= 4 is 11.4 Å². The van der Waals surface area contributed by atoms with E-state index in [1.54, 1.807) is 24.4 Å². The van der Waals surface area contributed by atoms with Gasteiger partial charge < -0.3 is 15.4 Å². The average Bonchev–Trinajstić information content (AvgIpc) is 3.27. The zero-order valence-corrected chi connectivity index (χ0v) is 19.0. The predicted molar refractivity (Wildman–Crippen MR) is 127 cm³/mol. The number of nitrogens with one attached hydrogen (secondary N) is 1. The minimum Gasteiger partial charge on any atom is -0.489 e. The van der Waals surface area contributed by atoms with Gasteiger partial charge in [0.2, 0.25) is 0 Å². The lowest BCUT2D eigenvalue weighted by atomic mass is 9.89. The number of rotatable bonds is 7. The predicted octanol–water partition coefficient (Wildman–Crippen LogP) is 4.93. The highest BCUT2D eigenvalue weighted by atomic mass is 19.1. The van der Waals surface area contributed by atoms with E-state index >= 15 is 0 Å². The number of piperidine rings is 1. The summed E-state index contributed by atoms with van der Waals surface area (Å²) in [6.45, 7) is 2.20. The van der Waals surface area contributed by atoms with Gasteiger partial charge in [0.05, 0.1) is 18.0 Å². The van der Waals surface area contributed by atoms with Crippen LogP contribution in [0.1, 0.15) is 54.8 Å². The first-order valence-corrected chi connectivity index (χ1v) is 11.8. The van der Waals surface area contributed by atoms with E-state index in [0.29, 0.717) is 34.2 Å². The van der Waals surface area contributed by atoms with Crippen LogP contribution >= 0.6 is 0 Å². The zero-order chi connectivity index (χ0) is 23.7. The number of halogens is 2. The van der Waals surface area contributed by atoms with Gasteiger partial charge in [0.15, 0.2) is 0 Å². The van der Waals surface area contributed by atoms with Gasteiger partial charge in [-0.3, -0.25) is 10.1 Å². The van der Waals surface area contributed by atoms with Crippen molar-refractivity contribution in [2.24, 2.45) is 0 Å². The Bertz CT molecular complexity index is 1160. The average molecular weight is 466 g/mol. The van der Waals surface area contributed by atoms with E-state index in [4.69, 9.17) is 15.9 Å². The van der Waals surface area contributed by atoms with Crippen LogP contribution < -0.4 is 10.5 Å². The second-order valence-electron chi connectivity index (χ2n) is 9.25. The van der Waals surface area contributed by atoms with Crippen LogP contribution in [-0.4, -0.2) is 39.5 Å². The van der Waals surface area contributed by atoms with Crippen LogP contribution in [0.2, 0.25) is 0 Å². The molecule has 2 fully saturated rings. The number of nitrogen functional groups attached to an aromatic ring is 1. The number of aromatic nitrogens is 2. The summed E-state index contributed by atoms with van der Waals surface area (Å²) >= 11 is 0. The van der Waals surface area contributed by atoms with E-state index in [0.717, 1.165) is 38.0 Å². The van der Waals surface area contributed by atoms with Crippen molar-refractivity contribution in [2.45, 2.75) is 50.8 Å². The third-order valence-corrected chi connectivity index (χ3v) is 6.98. The Balaban J connectivity index is 1.25. The Morgan fingerprint density at radius 2 is 1.76 bits per heavy atom. The third kappa shape index (κ3) is 4.82. The highest BCUT2D eigenvalue weighted by Crippen LogP contribution is 2.31. The van der Waals surface area contributed by atoms with Crippen molar-refractivity contribution in [1.29, 1.82) is 5.41 Å². The number of ether oxygens (including phenoxy) is 1. The number of nitrogens with zero attached hydrogens (tertiary/aromatic N) is 3. The van der Waals surface area contributed by atoms with Gasteiger partial charge in [-0.25, -0.2) is 8.78 Å². The summed E-state index contributed by atoms with van der Waals surface area (Å²) in [5.41, 5.74) is 8.48. The summed E-state index contributed by atoms with van der Waals surface area (Å²) in [5, 5.41) is 13.3. The third-order valence-electron chi connectivity index (χ3n) is 6.98. The lowest BCUT2D eigenvalue weighted by molar-refractivity contribution is 0.0842. The van der Waals surface area contributed by atoms with Gasteiger partial charge in [-0.2, -0.15) is 5.10 Å². The molecule has 2 aromatic carbocycles. The second kappa shape index (κ2) is 9.54. The first-order chi connectivity index (χ1) is 16.5. The van der Waals surface area contributed by atoms with E-state index in [2.05, 4.69) is 10.00 Å². The van der Waals surface area contributed by atoms with E-state index < -0.39 is 11.6 Å². The Kier molecular flexibility index (Phi) is 6.32. The molecule has 1 aliphatic heterocycles. The molecule has 6 nitrogen and oxygen atoms in total. The van der Waals surface area contributed by atoms with Crippen LogP contribution in [0.25, 0.3) is 0 Å². The van der Waals surface area contributed by atoms with Crippen molar-refractivity contribution in [1.82, 2.24) is 14.7 Å². The summed E-state index contributed by atoms with van der Waals surface area (Å²) in [5.74, 6) is -0.831. The van der Waals surface area contributed by atoms with Gasteiger partial charge in [-0.15, -0.1) is 0 Å². The minimum absolute atomic E-state index is 0.00284. The summed E-state index contributed by atoms with van der Waals surface area (Å²) < 4.78 is 34.5. The Morgan fingerprint density at radius 3 is 2.44 bits per heavy atom. The molecule has 2 heterocycles. The fraction of sp³-hybridized carbons (Fsp3) is 0.385.